The summed E-state index contributed by atoms with van der Waals surface area (Å²) in [5, 5.41) is 13.3. The van der Waals surface area contributed by atoms with Crippen molar-refractivity contribution in [3.63, 3.8) is 0 Å². The zero-order valence-electron chi connectivity index (χ0n) is 50.1. The van der Waals surface area contributed by atoms with Crippen LogP contribution >= 0.6 is 0 Å². The monoisotopic (exact) mass is 1080 g/mol. The lowest BCUT2D eigenvalue weighted by molar-refractivity contribution is -0.667. The van der Waals surface area contributed by atoms with E-state index in [1.807, 2.05) is 106 Å². The molecule has 0 aliphatic carbocycles. The molecule has 3 unspecified atom stereocenters. The van der Waals surface area contributed by atoms with Crippen molar-refractivity contribution in [1.82, 2.24) is 0 Å². The van der Waals surface area contributed by atoms with Gasteiger partial charge in [-0.15, -0.1) is 0 Å². The number of benzene rings is 5. The van der Waals surface area contributed by atoms with Crippen LogP contribution in [0, 0.1) is 38.5 Å². The molecule has 2 aromatic heterocycles. The van der Waals surface area contributed by atoms with Gasteiger partial charge in [0, 0.05) is 92.3 Å². The van der Waals surface area contributed by atoms with E-state index < -0.39 is 5.97 Å². The zero-order chi connectivity index (χ0) is 57.5. The van der Waals surface area contributed by atoms with Crippen molar-refractivity contribution in [2.45, 2.75) is 145 Å². The van der Waals surface area contributed by atoms with Gasteiger partial charge in [-0.1, -0.05) is 121 Å². The number of carbonyl (C=O) groups excluding carboxylic acids is 2. The molecule has 0 radical (unpaired) electrons. The Labute approximate surface area is 478 Å². The second kappa shape index (κ2) is 28.2. The first-order chi connectivity index (χ1) is 38.3. The number of carboxylic acids is 1. The van der Waals surface area contributed by atoms with Gasteiger partial charge in [-0.05, 0) is 160 Å². The van der Waals surface area contributed by atoms with E-state index in [-0.39, 0.29) is 24.7 Å². The number of carbonyl (C=O) groups is 2. The summed E-state index contributed by atoms with van der Waals surface area (Å²) in [6.45, 7) is 18.0. The third kappa shape index (κ3) is 16.4. The lowest BCUT2D eigenvalue weighted by Crippen LogP contribution is -2.46. The highest BCUT2D eigenvalue weighted by Crippen LogP contribution is 2.45. The van der Waals surface area contributed by atoms with Crippen LogP contribution in [0.5, 0.6) is 11.5 Å². The minimum atomic E-state index is -1.11. The largest absolute Gasteiger partial charge is 0.544 e. The molecule has 0 saturated carbocycles. The molecule has 80 heavy (non-hydrogen) atoms. The van der Waals surface area contributed by atoms with Crippen molar-refractivity contribution in [1.29, 1.82) is 0 Å². The quantitative estimate of drug-likeness (QED) is 0.0358. The minimum Gasteiger partial charge on any atom is -0.544 e. The summed E-state index contributed by atoms with van der Waals surface area (Å²) in [6, 6.07) is 40.7. The average molecular weight is 1080 g/mol. The van der Waals surface area contributed by atoms with Gasteiger partial charge in [0.05, 0.1) is 0 Å². The van der Waals surface area contributed by atoms with Gasteiger partial charge in [-0.25, -0.2) is 4.79 Å². The second-order valence-corrected chi connectivity index (χ2v) is 23.7. The Kier molecular flexibility index (Phi) is 21.3. The first-order valence-electron chi connectivity index (χ1n) is 29.3. The second-order valence-electron chi connectivity index (χ2n) is 23.7. The van der Waals surface area contributed by atoms with Gasteiger partial charge in [0.15, 0.2) is 6.54 Å². The zero-order valence-corrected chi connectivity index (χ0v) is 50.1. The van der Waals surface area contributed by atoms with Gasteiger partial charge < -0.3 is 29.2 Å². The number of pyridine rings is 2. The van der Waals surface area contributed by atoms with Crippen molar-refractivity contribution in [2.75, 3.05) is 38.0 Å². The van der Waals surface area contributed by atoms with Crippen molar-refractivity contribution in [3.05, 3.63) is 166 Å². The smallest absolute Gasteiger partial charge is 0.378 e. The van der Waals surface area contributed by atoms with E-state index in [9.17, 15) is 14.7 Å². The molecule has 0 N–H and O–H groups in total. The van der Waals surface area contributed by atoms with E-state index >= 15 is 0 Å². The summed E-state index contributed by atoms with van der Waals surface area (Å²) >= 11 is 0. The maximum Gasteiger partial charge on any atom is 0.378 e. The molecule has 0 spiro atoms. The molecule has 8 rings (SSSR count). The number of aliphatic carboxylic acids is 1. The van der Waals surface area contributed by atoms with Crippen molar-refractivity contribution < 1.29 is 33.3 Å². The summed E-state index contributed by atoms with van der Waals surface area (Å²) in [5.41, 5.74) is 12.1. The highest BCUT2D eigenvalue weighted by Gasteiger charge is 2.35. The lowest BCUT2D eigenvalue weighted by Gasteiger charge is -2.38. The number of hydrogen-bond donors (Lipinski definition) is 0. The molecule has 0 amide bonds. The Balaban J connectivity index is 0.000000306. The molecule has 9 heteroatoms. The number of aromatic nitrogens is 2. The molecule has 9 nitrogen and oxygen atoms in total. The van der Waals surface area contributed by atoms with E-state index in [2.05, 4.69) is 138 Å². The standard InChI is InChI=1S/C50H69N2O3.C21H20N2O2/c1-35(2)16-13-17-36(3)18-14-19-37(4)20-15-32-50(8)33-31-45-40(7)48(38(5)39(6)49(45)55-50)54-47(53)34-52-44(30-26-42-21-11-12-22-46(42)52)29-25-41-23-27-43(28-24-41)51(9)10;1-22(2)18-11-7-16(8-12-18)9-13-19-14-10-17-5-3-4-6-20(17)23(19)15-21(24)25/h11-12,21-30,35-37H,13-20,31-34H2,1-10H3;3-14H,15H2,1-2H3/q+1;. The van der Waals surface area contributed by atoms with E-state index in [4.69, 9.17) is 9.47 Å². The molecule has 7 aromatic rings. The van der Waals surface area contributed by atoms with Crippen LogP contribution in [0.3, 0.4) is 0 Å². The van der Waals surface area contributed by atoms with E-state index in [1.54, 1.807) is 4.57 Å². The van der Waals surface area contributed by atoms with Crippen molar-refractivity contribution in [2.24, 2.45) is 17.8 Å². The number of rotatable bonds is 23. The number of hydrogen-bond acceptors (Lipinski definition) is 7. The predicted molar refractivity (Wildman–Crippen MR) is 331 cm³/mol. The fraction of sp³-hybridized carbons (Fsp3) is 0.408. The highest BCUT2D eigenvalue weighted by atomic mass is 16.5. The topological polar surface area (TPSA) is 89.9 Å². The number of anilines is 2. The van der Waals surface area contributed by atoms with Crippen molar-refractivity contribution in [3.8, 4) is 11.5 Å². The lowest BCUT2D eigenvalue weighted by atomic mass is 9.83. The minimum absolute atomic E-state index is 0.0971. The van der Waals surface area contributed by atoms with Crippen LogP contribution in [-0.2, 0) is 29.1 Å². The average Bonchev–Trinajstić information content (AvgIpc) is 3.44. The summed E-state index contributed by atoms with van der Waals surface area (Å²) in [6.07, 6.45) is 21.7. The Bertz CT molecular complexity index is 3260. The highest BCUT2D eigenvalue weighted by molar-refractivity contribution is 5.80. The number of nitrogens with zero attached hydrogens (tertiary/aromatic N) is 4. The summed E-state index contributed by atoms with van der Waals surface area (Å²) in [4.78, 5) is 29.2. The van der Waals surface area contributed by atoms with Crippen LogP contribution < -0.4 is 33.5 Å². The number of fused-ring (bicyclic) bond motifs is 3. The van der Waals surface area contributed by atoms with E-state index in [0.717, 1.165) is 115 Å². The number of ether oxygens (including phenoxy) is 2. The van der Waals surface area contributed by atoms with Crippen LogP contribution in [0.2, 0.25) is 0 Å². The maximum absolute atomic E-state index is 13.9. The van der Waals surface area contributed by atoms with Crippen molar-refractivity contribution >= 4 is 69.4 Å². The molecule has 0 fully saturated rings. The fourth-order valence-corrected chi connectivity index (χ4v) is 11.1. The number of para-hydroxylation sites is 2. The van der Waals surface area contributed by atoms with Crippen LogP contribution in [-0.4, -0.2) is 45.7 Å². The fourth-order valence-electron chi connectivity index (χ4n) is 11.1. The molecule has 1 aliphatic rings. The normalized spacial score (nSPS) is 14.9. The SMILES string of the molecule is CN(C)c1ccc(/C=C/c2ccc3ccccc3[n+]2CC(=O)[O-])cc1.Cc1c(C)c2c(c(C)c1OC(=O)C[n+]1c(/C=C/c3ccc(N(C)C)cc3)ccc3ccccc31)CCC(C)(CCCC(C)CCCC(C)CCCC(C)C)O2. The van der Waals surface area contributed by atoms with Crippen LogP contribution in [0.4, 0.5) is 11.4 Å². The third-order valence-electron chi connectivity index (χ3n) is 16.3. The van der Waals surface area contributed by atoms with Gasteiger partial charge in [-0.2, -0.15) is 9.13 Å². The molecule has 1 aliphatic heterocycles. The van der Waals surface area contributed by atoms with Gasteiger partial charge >= 0.3 is 5.97 Å². The summed E-state index contributed by atoms with van der Waals surface area (Å²) in [5.74, 6) is 2.71. The first kappa shape index (κ1) is 60.4. The molecule has 0 saturated heterocycles. The van der Waals surface area contributed by atoms with E-state index in [0.29, 0.717) is 5.75 Å². The Morgan fingerprint density at radius 3 is 1.56 bits per heavy atom. The van der Waals surface area contributed by atoms with Gasteiger partial charge in [0.2, 0.25) is 29.0 Å². The summed E-state index contributed by atoms with van der Waals surface area (Å²) < 4.78 is 17.0. The first-order valence-corrected chi connectivity index (χ1v) is 29.3. The molecule has 5 aromatic carbocycles. The van der Waals surface area contributed by atoms with Gasteiger partial charge in [0.1, 0.15) is 23.1 Å². The van der Waals surface area contributed by atoms with E-state index in [1.165, 1.54) is 56.9 Å². The molecule has 3 heterocycles. The molecule has 422 valence electrons. The molecule has 3 atom stereocenters. The summed E-state index contributed by atoms with van der Waals surface area (Å²) in [7, 11) is 8.09. The molecular weight excluding hydrogens is 989 g/mol. The third-order valence-corrected chi connectivity index (χ3v) is 16.3. The Morgan fingerprint density at radius 2 is 1.07 bits per heavy atom. The predicted octanol–water partition coefficient (Wildman–Crippen LogP) is 14.5. The van der Waals surface area contributed by atoms with Crippen LogP contribution in [0.25, 0.3) is 46.1 Å². The number of esters is 1. The van der Waals surface area contributed by atoms with Gasteiger partial charge in [0.25, 0.3) is 0 Å². The molecule has 0 bridgehead atoms. The van der Waals surface area contributed by atoms with Crippen LogP contribution in [0.1, 0.15) is 144 Å². The van der Waals surface area contributed by atoms with Crippen LogP contribution in [0.15, 0.2) is 121 Å². The van der Waals surface area contributed by atoms with Gasteiger partial charge in [-0.3, -0.25) is 0 Å². The molecular formula is C71H89N4O5+. The Hall–Kier alpha value is -7.26. The maximum atomic E-state index is 13.9. The number of carboxylic acid groups (broad SMARTS) is 1. The Morgan fingerprint density at radius 1 is 0.600 bits per heavy atom.